The Hall–Kier alpha value is -3.30. The summed E-state index contributed by atoms with van der Waals surface area (Å²) in [4.78, 5) is 37.2. The van der Waals surface area contributed by atoms with E-state index in [2.05, 4.69) is 20.2 Å². The summed E-state index contributed by atoms with van der Waals surface area (Å²) in [5.41, 5.74) is 3.41. The third-order valence-corrected chi connectivity index (χ3v) is 6.07. The van der Waals surface area contributed by atoms with Gasteiger partial charge in [-0.15, -0.1) is 11.3 Å². The molecule has 1 fully saturated rings. The Balaban J connectivity index is 1.27. The van der Waals surface area contributed by atoms with Gasteiger partial charge in [0, 0.05) is 54.8 Å². The molecule has 32 heavy (non-hydrogen) atoms. The predicted molar refractivity (Wildman–Crippen MR) is 125 cm³/mol. The Bertz CT molecular complexity index is 1050. The van der Waals surface area contributed by atoms with E-state index in [4.69, 9.17) is 4.74 Å². The number of nitrogens with zero attached hydrogens (tertiary/aromatic N) is 4. The minimum atomic E-state index is -0.241. The van der Waals surface area contributed by atoms with Gasteiger partial charge in [-0.2, -0.15) is 0 Å². The summed E-state index contributed by atoms with van der Waals surface area (Å²) in [6.45, 7) is 3.15. The van der Waals surface area contributed by atoms with Crippen LogP contribution in [0, 0.1) is 0 Å². The van der Waals surface area contributed by atoms with E-state index < -0.39 is 0 Å². The summed E-state index contributed by atoms with van der Waals surface area (Å²) in [6, 6.07) is 11.5. The quantitative estimate of drug-likeness (QED) is 0.594. The highest BCUT2D eigenvalue weighted by molar-refractivity contribution is 7.13. The zero-order valence-corrected chi connectivity index (χ0v) is 18.7. The fourth-order valence-electron chi connectivity index (χ4n) is 3.38. The summed E-state index contributed by atoms with van der Waals surface area (Å²) in [5.74, 6) is -0.403. The molecule has 3 aromatic rings. The van der Waals surface area contributed by atoms with Gasteiger partial charge in [0.15, 0.2) is 0 Å². The maximum atomic E-state index is 12.5. The maximum absolute atomic E-state index is 12.5. The van der Waals surface area contributed by atoms with Crippen LogP contribution in [-0.4, -0.2) is 66.6 Å². The second-order valence-electron chi connectivity index (χ2n) is 7.51. The van der Waals surface area contributed by atoms with Crippen molar-refractivity contribution in [3.63, 3.8) is 0 Å². The number of benzene rings is 1. The molecule has 0 radical (unpaired) electrons. The highest BCUT2D eigenvalue weighted by Crippen LogP contribution is 2.23. The molecule has 0 unspecified atom stereocenters. The largest absolute Gasteiger partial charge is 0.378 e. The van der Waals surface area contributed by atoms with Gasteiger partial charge in [0.05, 0.1) is 31.9 Å². The van der Waals surface area contributed by atoms with E-state index in [0.29, 0.717) is 11.4 Å². The molecule has 1 aliphatic rings. The van der Waals surface area contributed by atoms with E-state index in [0.717, 1.165) is 42.6 Å². The van der Waals surface area contributed by atoms with E-state index >= 15 is 0 Å². The third kappa shape index (κ3) is 5.68. The number of thiazole rings is 1. The van der Waals surface area contributed by atoms with Crippen molar-refractivity contribution in [1.29, 1.82) is 0 Å². The molecule has 0 aliphatic carbocycles. The lowest BCUT2D eigenvalue weighted by atomic mass is 10.2. The molecule has 1 aromatic carbocycles. The molecule has 4 rings (SSSR count). The third-order valence-electron chi connectivity index (χ3n) is 5.13. The van der Waals surface area contributed by atoms with Gasteiger partial charge in [0.1, 0.15) is 5.01 Å². The first-order valence-electron chi connectivity index (χ1n) is 10.4. The Morgan fingerprint density at radius 3 is 2.69 bits per heavy atom. The lowest BCUT2D eigenvalue weighted by Gasteiger charge is -2.28. The average molecular weight is 452 g/mol. The first-order valence-corrected chi connectivity index (χ1v) is 11.3. The second kappa shape index (κ2) is 10.3. The molecule has 0 bridgehead atoms. The van der Waals surface area contributed by atoms with Gasteiger partial charge in [-0.25, -0.2) is 4.98 Å². The molecule has 3 heterocycles. The highest BCUT2D eigenvalue weighted by atomic mass is 32.1. The van der Waals surface area contributed by atoms with E-state index in [1.54, 1.807) is 19.4 Å². The number of morpholine rings is 1. The molecule has 2 aromatic heterocycles. The molecule has 9 heteroatoms. The fourth-order valence-corrected chi connectivity index (χ4v) is 4.19. The molecule has 1 aliphatic heterocycles. The summed E-state index contributed by atoms with van der Waals surface area (Å²) in [6.07, 6.45) is 3.60. The van der Waals surface area contributed by atoms with Gasteiger partial charge in [-0.1, -0.05) is 0 Å². The number of likely N-dealkylation sites (N-methyl/N-ethyl adjacent to an activating group) is 1. The van der Waals surface area contributed by atoms with Gasteiger partial charge < -0.3 is 19.9 Å². The van der Waals surface area contributed by atoms with E-state index in [1.165, 1.54) is 16.2 Å². The number of pyridine rings is 1. The minimum absolute atomic E-state index is 0.0242. The second-order valence-corrected chi connectivity index (χ2v) is 8.36. The van der Waals surface area contributed by atoms with Crippen molar-refractivity contribution in [3.8, 4) is 10.6 Å². The SMILES string of the molecule is CN(CC(=O)Nc1ccc(N2CCOCC2)cc1)C(=O)Cc1csc(-c2cccnc2)n1. The number of aromatic nitrogens is 2. The summed E-state index contributed by atoms with van der Waals surface area (Å²) >= 11 is 1.47. The number of carbonyl (C=O) groups is 2. The summed E-state index contributed by atoms with van der Waals surface area (Å²) < 4.78 is 5.38. The fraction of sp³-hybridized carbons (Fsp3) is 0.304. The van der Waals surface area contributed by atoms with Crippen LogP contribution >= 0.6 is 11.3 Å². The Kier molecular flexibility index (Phi) is 7.08. The van der Waals surface area contributed by atoms with Gasteiger partial charge in [-0.3, -0.25) is 14.6 Å². The summed E-state index contributed by atoms with van der Waals surface area (Å²) in [7, 11) is 1.62. The Morgan fingerprint density at radius 2 is 1.97 bits per heavy atom. The number of amides is 2. The molecule has 0 saturated carbocycles. The normalized spacial score (nSPS) is 13.6. The zero-order valence-electron chi connectivity index (χ0n) is 17.9. The van der Waals surface area contributed by atoms with Crippen LogP contribution in [-0.2, 0) is 20.7 Å². The van der Waals surface area contributed by atoms with Gasteiger partial charge >= 0.3 is 0 Å². The molecule has 0 spiro atoms. The Labute approximate surface area is 190 Å². The lowest BCUT2D eigenvalue weighted by molar-refractivity contribution is -0.132. The van der Waals surface area contributed by atoms with Crippen molar-refractivity contribution in [2.24, 2.45) is 0 Å². The number of carbonyl (C=O) groups excluding carboxylic acids is 2. The molecule has 2 amide bonds. The lowest BCUT2D eigenvalue weighted by Crippen LogP contribution is -2.36. The standard InChI is InChI=1S/C23H25N5O3S/c1-27(22(30)13-19-16-32-23(26-19)17-3-2-8-24-14-17)15-21(29)25-18-4-6-20(7-5-18)28-9-11-31-12-10-28/h2-8,14,16H,9-13,15H2,1H3,(H,25,29). The van der Waals surface area contributed by atoms with Crippen molar-refractivity contribution in [2.75, 3.05) is 50.1 Å². The van der Waals surface area contributed by atoms with Gasteiger partial charge in [0.2, 0.25) is 11.8 Å². The van der Waals surface area contributed by atoms with Crippen LogP contribution in [0.1, 0.15) is 5.69 Å². The maximum Gasteiger partial charge on any atom is 0.243 e. The topological polar surface area (TPSA) is 87.7 Å². The number of hydrogen-bond donors (Lipinski definition) is 1. The first kappa shape index (κ1) is 21.9. The average Bonchev–Trinajstić information content (AvgIpc) is 3.29. The van der Waals surface area contributed by atoms with Crippen LogP contribution < -0.4 is 10.2 Å². The van der Waals surface area contributed by atoms with Crippen molar-refractivity contribution < 1.29 is 14.3 Å². The highest BCUT2D eigenvalue weighted by Gasteiger charge is 2.16. The number of rotatable bonds is 7. The number of ether oxygens (including phenoxy) is 1. The van der Waals surface area contributed by atoms with Crippen molar-refractivity contribution >= 4 is 34.5 Å². The van der Waals surface area contributed by atoms with Crippen LogP contribution in [0.2, 0.25) is 0 Å². The summed E-state index contributed by atoms with van der Waals surface area (Å²) in [5, 5.41) is 5.54. The number of nitrogens with one attached hydrogen (secondary N) is 1. The van der Waals surface area contributed by atoms with Crippen LogP contribution in [0.4, 0.5) is 11.4 Å². The van der Waals surface area contributed by atoms with Crippen LogP contribution in [0.5, 0.6) is 0 Å². The molecule has 1 N–H and O–H groups in total. The zero-order chi connectivity index (χ0) is 22.3. The number of anilines is 2. The van der Waals surface area contributed by atoms with Crippen molar-refractivity contribution in [3.05, 3.63) is 59.9 Å². The molecule has 8 nitrogen and oxygen atoms in total. The van der Waals surface area contributed by atoms with Crippen LogP contribution in [0.15, 0.2) is 54.2 Å². The van der Waals surface area contributed by atoms with Gasteiger partial charge in [0.25, 0.3) is 0 Å². The molecular formula is C23H25N5O3S. The van der Waals surface area contributed by atoms with Crippen LogP contribution in [0.3, 0.4) is 0 Å². The monoisotopic (exact) mass is 451 g/mol. The van der Waals surface area contributed by atoms with E-state index in [1.807, 2.05) is 41.8 Å². The molecule has 166 valence electrons. The smallest absolute Gasteiger partial charge is 0.243 e. The molecule has 1 saturated heterocycles. The van der Waals surface area contributed by atoms with E-state index in [-0.39, 0.29) is 24.8 Å². The first-order chi connectivity index (χ1) is 15.6. The van der Waals surface area contributed by atoms with Gasteiger partial charge in [-0.05, 0) is 36.4 Å². The number of hydrogen-bond acceptors (Lipinski definition) is 7. The van der Waals surface area contributed by atoms with Crippen molar-refractivity contribution in [1.82, 2.24) is 14.9 Å². The molecule has 0 atom stereocenters. The predicted octanol–water partition coefficient (Wildman–Crippen LogP) is 2.68. The molecular weight excluding hydrogens is 426 g/mol. The Morgan fingerprint density at radius 1 is 1.19 bits per heavy atom. The minimum Gasteiger partial charge on any atom is -0.378 e. The van der Waals surface area contributed by atoms with Crippen LogP contribution in [0.25, 0.3) is 10.6 Å². The van der Waals surface area contributed by atoms with Crippen molar-refractivity contribution in [2.45, 2.75) is 6.42 Å². The van der Waals surface area contributed by atoms with E-state index in [9.17, 15) is 9.59 Å².